The molecule has 8 nitrogen and oxygen atoms in total. The fourth-order valence-electron chi connectivity index (χ4n) is 3.21. The molecule has 10 heteroatoms. The molecule has 0 bridgehead atoms. The molecule has 0 saturated carbocycles. The van der Waals surface area contributed by atoms with Crippen LogP contribution in [-0.4, -0.2) is 26.6 Å². The summed E-state index contributed by atoms with van der Waals surface area (Å²) >= 11 is 0. The van der Waals surface area contributed by atoms with E-state index in [2.05, 4.69) is 5.32 Å². The van der Waals surface area contributed by atoms with Crippen molar-refractivity contribution in [3.63, 3.8) is 0 Å². The number of carbonyl (C=O) groups excluding carboxylic acids is 2. The monoisotopic (exact) mass is 427 g/mol. The Balaban J connectivity index is 1.68. The van der Waals surface area contributed by atoms with Crippen LogP contribution < -0.4 is 11.1 Å². The van der Waals surface area contributed by atoms with Crippen molar-refractivity contribution in [2.24, 2.45) is 5.73 Å². The minimum Gasteiger partial charge on any atom is -0.494 e. The van der Waals surface area contributed by atoms with Crippen LogP contribution in [0.2, 0.25) is 0 Å². The molecule has 2 amide bonds. The number of nitrogens with one attached hydrogen (secondary N) is 1. The lowest BCUT2D eigenvalue weighted by Crippen LogP contribution is -2.17. The first-order valence-corrected chi connectivity index (χ1v) is 8.93. The Kier molecular flexibility index (Phi) is 4.82. The fraction of sp³-hybridized carbons (Fsp3) is 0.0476. The highest BCUT2D eigenvalue weighted by atomic mass is 19.1. The van der Waals surface area contributed by atoms with Crippen LogP contribution >= 0.6 is 0 Å². The molecular weight excluding hydrogens is 412 g/mol. The Morgan fingerprint density at radius 2 is 1.77 bits per heavy atom. The van der Waals surface area contributed by atoms with E-state index in [9.17, 15) is 28.6 Å². The van der Waals surface area contributed by atoms with E-state index in [0.717, 1.165) is 6.07 Å². The van der Waals surface area contributed by atoms with E-state index in [1.165, 1.54) is 28.8 Å². The number of hydrogen-bond acceptors (Lipinski definition) is 5. The van der Waals surface area contributed by atoms with Gasteiger partial charge in [0.15, 0.2) is 23.2 Å². The number of aromatic nitrogens is 1. The van der Waals surface area contributed by atoms with Gasteiger partial charge in [-0.25, -0.2) is 8.78 Å². The van der Waals surface area contributed by atoms with E-state index in [1.807, 2.05) is 0 Å². The van der Waals surface area contributed by atoms with Crippen molar-refractivity contribution in [2.45, 2.75) is 6.54 Å². The van der Waals surface area contributed by atoms with Gasteiger partial charge in [-0.1, -0.05) is 12.1 Å². The van der Waals surface area contributed by atoms with Gasteiger partial charge in [0, 0.05) is 23.8 Å². The smallest absolute Gasteiger partial charge is 0.286 e. The first-order chi connectivity index (χ1) is 14.7. The lowest BCUT2D eigenvalue weighted by Gasteiger charge is -2.09. The summed E-state index contributed by atoms with van der Waals surface area (Å²) < 4.78 is 34.0. The first kappa shape index (κ1) is 20.0. The number of carbonyl (C=O) groups is 2. The van der Waals surface area contributed by atoms with Crippen molar-refractivity contribution in [1.82, 2.24) is 4.57 Å². The standard InChI is InChI=1S/C21H15F2N3O5/c22-12-7-13-17(19(20(24)29)31-18(13)14(23)8-12)25-21(30)11-3-1-2-10(6-11)9-26-15(27)4-5-16(26)28/h1-8,27-28H,9H2,(H2,24,29)(H,25,30). The molecule has 0 aliphatic rings. The quantitative estimate of drug-likeness (QED) is 0.388. The van der Waals surface area contributed by atoms with Crippen molar-refractivity contribution in [3.8, 4) is 11.8 Å². The van der Waals surface area contributed by atoms with E-state index < -0.39 is 34.8 Å². The number of furan rings is 1. The molecule has 0 atom stereocenters. The number of nitrogens with zero attached hydrogens (tertiary/aromatic N) is 1. The Hall–Kier alpha value is -4.34. The highest BCUT2D eigenvalue weighted by Gasteiger charge is 2.24. The zero-order valence-electron chi connectivity index (χ0n) is 15.7. The van der Waals surface area contributed by atoms with Crippen molar-refractivity contribution >= 4 is 28.5 Å². The Morgan fingerprint density at radius 1 is 1.06 bits per heavy atom. The topological polar surface area (TPSA) is 131 Å². The minimum atomic E-state index is -1.07. The normalized spacial score (nSPS) is 11.0. The summed E-state index contributed by atoms with van der Waals surface area (Å²) in [7, 11) is 0. The van der Waals surface area contributed by atoms with Crippen molar-refractivity contribution in [2.75, 3.05) is 5.32 Å². The van der Waals surface area contributed by atoms with Crippen LogP contribution in [0.4, 0.5) is 14.5 Å². The van der Waals surface area contributed by atoms with E-state index in [4.69, 9.17) is 10.2 Å². The highest BCUT2D eigenvalue weighted by molar-refractivity contribution is 6.14. The number of hydrogen-bond donors (Lipinski definition) is 4. The van der Waals surface area contributed by atoms with Gasteiger partial charge in [0.25, 0.3) is 11.8 Å². The number of halogens is 2. The van der Waals surface area contributed by atoms with Gasteiger partial charge in [0.1, 0.15) is 11.5 Å². The number of rotatable bonds is 5. The molecule has 4 rings (SSSR count). The molecule has 0 spiro atoms. The molecule has 5 N–H and O–H groups in total. The lowest BCUT2D eigenvalue weighted by atomic mass is 10.1. The first-order valence-electron chi connectivity index (χ1n) is 8.93. The summed E-state index contributed by atoms with van der Waals surface area (Å²) in [5.74, 6) is -4.58. The van der Waals surface area contributed by atoms with Gasteiger partial charge < -0.3 is 25.7 Å². The van der Waals surface area contributed by atoms with Crippen LogP contribution in [0, 0.1) is 11.6 Å². The van der Waals surface area contributed by atoms with Gasteiger partial charge in [-0.15, -0.1) is 0 Å². The van der Waals surface area contributed by atoms with Crippen molar-refractivity contribution in [1.29, 1.82) is 0 Å². The van der Waals surface area contributed by atoms with Crippen LogP contribution in [0.25, 0.3) is 11.0 Å². The van der Waals surface area contributed by atoms with E-state index in [-0.39, 0.29) is 34.9 Å². The van der Waals surface area contributed by atoms with E-state index in [1.54, 1.807) is 12.1 Å². The highest BCUT2D eigenvalue weighted by Crippen LogP contribution is 2.33. The number of nitrogens with two attached hydrogens (primary N) is 1. The predicted molar refractivity (Wildman–Crippen MR) is 106 cm³/mol. The second-order valence-electron chi connectivity index (χ2n) is 6.73. The van der Waals surface area contributed by atoms with Crippen LogP contribution in [0.15, 0.2) is 52.9 Å². The summed E-state index contributed by atoms with van der Waals surface area (Å²) in [5.41, 5.74) is 5.30. The third kappa shape index (κ3) is 3.66. The third-order valence-corrected chi connectivity index (χ3v) is 4.64. The number of benzene rings is 2. The van der Waals surface area contributed by atoms with E-state index >= 15 is 0 Å². The maximum Gasteiger partial charge on any atom is 0.286 e. The molecule has 31 heavy (non-hydrogen) atoms. The molecule has 0 fully saturated rings. The average Bonchev–Trinajstić information content (AvgIpc) is 3.23. The summed E-state index contributed by atoms with van der Waals surface area (Å²) in [6, 6.07) is 10.3. The summed E-state index contributed by atoms with van der Waals surface area (Å²) in [4.78, 5) is 24.5. The van der Waals surface area contributed by atoms with Crippen molar-refractivity contribution in [3.05, 3.63) is 77.1 Å². The van der Waals surface area contributed by atoms with Gasteiger partial charge in [0.2, 0.25) is 5.76 Å². The molecule has 2 aromatic carbocycles. The number of anilines is 1. The van der Waals surface area contributed by atoms with Gasteiger partial charge in [0.05, 0.1) is 11.9 Å². The number of aromatic hydroxyl groups is 2. The molecule has 4 aromatic rings. The van der Waals surface area contributed by atoms with Crippen LogP contribution in [0.3, 0.4) is 0 Å². The van der Waals surface area contributed by atoms with Crippen LogP contribution in [-0.2, 0) is 6.54 Å². The summed E-state index contributed by atoms with van der Waals surface area (Å²) in [5, 5.41) is 21.8. The second kappa shape index (κ2) is 7.48. The third-order valence-electron chi connectivity index (χ3n) is 4.64. The van der Waals surface area contributed by atoms with Gasteiger partial charge in [-0.2, -0.15) is 0 Å². The molecule has 0 aliphatic heterocycles. The molecule has 0 unspecified atom stereocenters. The van der Waals surface area contributed by atoms with Gasteiger partial charge in [-0.05, 0) is 23.8 Å². The second-order valence-corrected chi connectivity index (χ2v) is 6.73. The molecule has 158 valence electrons. The van der Waals surface area contributed by atoms with Gasteiger partial charge in [-0.3, -0.25) is 14.2 Å². The largest absolute Gasteiger partial charge is 0.494 e. The summed E-state index contributed by atoms with van der Waals surface area (Å²) in [6.45, 7) is 0.0728. The summed E-state index contributed by atoms with van der Waals surface area (Å²) in [6.07, 6.45) is 0. The van der Waals surface area contributed by atoms with Crippen molar-refractivity contribution < 1.29 is 33.0 Å². The maximum absolute atomic E-state index is 14.0. The molecule has 0 radical (unpaired) electrons. The zero-order chi connectivity index (χ0) is 22.3. The Bertz CT molecular complexity index is 1320. The SMILES string of the molecule is NC(=O)c1oc2c(F)cc(F)cc2c1NC(=O)c1cccc(Cn2c(O)ccc2O)c1. The maximum atomic E-state index is 14.0. The fourth-order valence-corrected chi connectivity index (χ4v) is 3.21. The van der Waals surface area contributed by atoms with Gasteiger partial charge >= 0.3 is 0 Å². The van der Waals surface area contributed by atoms with Crippen LogP contribution in [0.1, 0.15) is 26.5 Å². The molecular formula is C21H15F2N3O5. The molecule has 2 aromatic heterocycles. The number of fused-ring (bicyclic) bond motifs is 1. The Morgan fingerprint density at radius 3 is 2.45 bits per heavy atom. The predicted octanol–water partition coefficient (Wildman–Crippen LogP) is 3.32. The lowest BCUT2D eigenvalue weighted by molar-refractivity contribution is 0.0977. The molecule has 0 aliphatic carbocycles. The minimum absolute atomic E-state index is 0.0728. The van der Waals surface area contributed by atoms with Crippen LogP contribution in [0.5, 0.6) is 11.8 Å². The number of primary amides is 1. The zero-order valence-corrected chi connectivity index (χ0v) is 15.7. The molecule has 2 heterocycles. The Labute approximate surface area is 173 Å². The van der Waals surface area contributed by atoms with E-state index in [0.29, 0.717) is 11.6 Å². The molecule has 0 saturated heterocycles. The average molecular weight is 427 g/mol. The number of amides is 2.